The molecule has 0 bridgehead atoms. The molecule has 0 saturated carbocycles. The Balaban J connectivity index is 0. The summed E-state index contributed by atoms with van der Waals surface area (Å²) in [5.74, 6) is 0. The molecule has 0 aliphatic carbocycles. The van der Waals surface area contributed by atoms with Gasteiger partial charge in [-0.05, 0) is 39.2 Å². The number of hydrogen-bond acceptors (Lipinski definition) is 4. The summed E-state index contributed by atoms with van der Waals surface area (Å²) in [5.41, 5.74) is 1.21. The van der Waals surface area contributed by atoms with Gasteiger partial charge in [-0.15, -0.1) is 24.8 Å². The van der Waals surface area contributed by atoms with E-state index in [1.807, 2.05) is 0 Å². The number of nitrogens with zero attached hydrogens (tertiary/aromatic N) is 2. The summed E-state index contributed by atoms with van der Waals surface area (Å²) in [6, 6.07) is 6.65. The van der Waals surface area contributed by atoms with E-state index in [4.69, 9.17) is 0 Å². The van der Waals surface area contributed by atoms with Gasteiger partial charge < -0.3 is 10.2 Å². The highest BCUT2D eigenvalue weighted by Gasteiger charge is 2.03. The SMILES string of the molecule is CN(C)CCCNCc1ccc([N+](=O)[O-])cc1.Cl.Cl. The van der Waals surface area contributed by atoms with Crippen molar-refractivity contribution in [3.8, 4) is 0 Å². The lowest BCUT2D eigenvalue weighted by Gasteiger charge is -2.09. The number of nitrogens with one attached hydrogen (secondary N) is 1. The van der Waals surface area contributed by atoms with Gasteiger partial charge in [0.25, 0.3) is 5.69 Å². The molecule has 0 aliphatic rings. The van der Waals surface area contributed by atoms with E-state index in [2.05, 4.69) is 24.3 Å². The minimum Gasteiger partial charge on any atom is -0.313 e. The highest BCUT2D eigenvalue weighted by Crippen LogP contribution is 2.11. The Morgan fingerprint density at radius 1 is 1.21 bits per heavy atom. The van der Waals surface area contributed by atoms with E-state index in [9.17, 15) is 10.1 Å². The first-order valence-corrected chi connectivity index (χ1v) is 5.68. The van der Waals surface area contributed by atoms with Crippen molar-refractivity contribution < 1.29 is 4.92 Å². The van der Waals surface area contributed by atoms with E-state index < -0.39 is 0 Å². The molecule has 5 nitrogen and oxygen atoms in total. The Bertz CT molecular complexity index is 358. The van der Waals surface area contributed by atoms with Gasteiger partial charge in [0.1, 0.15) is 0 Å². The van der Waals surface area contributed by atoms with Crippen LogP contribution in [0.5, 0.6) is 0 Å². The summed E-state index contributed by atoms with van der Waals surface area (Å²) in [6.45, 7) is 2.77. The number of nitro benzene ring substituents is 1. The van der Waals surface area contributed by atoms with E-state index in [1.165, 1.54) is 12.1 Å². The zero-order valence-corrected chi connectivity index (χ0v) is 12.8. The number of rotatable bonds is 7. The molecule has 0 saturated heterocycles. The highest BCUT2D eigenvalue weighted by molar-refractivity contribution is 5.85. The molecule has 0 spiro atoms. The van der Waals surface area contributed by atoms with Crippen LogP contribution in [-0.2, 0) is 6.54 Å². The maximum absolute atomic E-state index is 10.5. The number of nitro groups is 1. The van der Waals surface area contributed by atoms with Gasteiger partial charge in [0.05, 0.1) is 4.92 Å². The van der Waals surface area contributed by atoms with Crippen LogP contribution < -0.4 is 5.32 Å². The van der Waals surface area contributed by atoms with Crippen molar-refractivity contribution in [2.75, 3.05) is 27.2 Å². The van der Waals surface area contributed by atoms with Crippen LogP contribution in [0, 0.1) is 10.1 Å². The molecule has 0 aliphatic heterocycles. The average molecular weight is 310 g/mol. The Labute approximate surface area is 126 Å². The summed E-state index contributed by atoms with van der Waals surface area (Å²) >= 11 is 0. The lowest BCUT2D eigenvalue weighted by Crippen LogP contribution is -2.20. The number of halogens is 2. The number of benzene rings is 1. The molecule has 0 fully saturated rings. The van der Waals surface area contributed by atoms with E-state index in [1.54, 1.807) is 12.1 Å². The summed E-state index contributed by atoms with van der Waals surface area (Å²) in [5, 5.41) is 13.8. The van der Waals surface area contributed by atoms with Crippen LogP contribution >= 0.6 is 24.8 Å². The molecular weight excluding hydrogens is 289 g/mol. The molecule has 110 valence electrons. The fraction of sp³-hybridized carbons (Fsp3) is 0.500. The van der Waals surface area contributed by atoms with Crippen molar-refractivity contribution in [3.63, 3.8) is 0 Å². The lowest BCUT2D eigenvalue weighted by atomic mass is 10.2. The Morgan fingerprint density at radius 3 is 2.26 bits per heavy atom. The predicted molar refractivity (Wildman–Crippen MR) is 82.5 cm³/mol. The van der Waals surface area contributed by atoms with Crippen LogP contribution in [-0.4, -0.2) is 37.0 Å². The molecule has 0 heterocycles. The Hall–Kier alpha value is -0.880. The minimum absolute atomic E-state index is 0. The van der Waals surface area contributed by atoms with Gasteiger partial charge in [-0.3, -0.25) is 10.1 Å². The normalized spacial score (nSPS) is 9.63. The molecule has 1 N–H and O–H groups in total. The molecule has 7 heteroatoms. The average Bonchev–Trinajstić information content (AvgIpc) is 2.29. The smallest absolute Gasteiger partial charge is 0.269 e. The molecule has 0 atom stereocenters. The molecule has 0 aromatic heterocycles. The third-order valence-electron chi connectivity index (χ3n) is 2.44. The third kappa shape index (κ3) is 8.77. The van der Waals surface area contributed by atoms with Crippen LogP contribution in [0.15, 0.2) is 24.3 Å². The fourth-order valence-corrected chi connectivity index (χ4v) is 1.49. The second-order valence-corrected chi connectivity index (χ2v) is 4.26. The quantitative estimate of drug-likeness (QED) is 0.477. The third-order valence-corrected chi connectivity index (χ3v) is 2.44. The summed E-state index contributed by atoms with van der Waals surface area (Å²) in [6.07, 6.45) is 1.10. The zero-order chi connectivity index (χ0) is 12.7. The van der Waals surface area contributed by atoms with E-state index in [-0.39, 0.29) is 35.4 Å². The van der Waals surface area contributed by atoms with Gasteiger partial charge in [-0.1, -0.05) is 12.1 Å². The van der Waals surface area contributed by atoms with Gasteiger partial charge in [0.2, 0.25) is 0 Å². The van der Waals surface area contributed by atoms with E-state index >= 15 is 0 Å². The standard InChI is InChI=1S/C12H19N3O2.2ClH/c1-14(2)9-3-8-13-10-11-4-6-12(7-5-11)15(16)17;;/h4-7,13H,3,8-10H2,1-2H3;2*1H. The number of hydrogen-bond donors (Lipinski definition) is 1. The zero-order valence-electron chi connectivity index (χ0n) is 11.2. The first-order valence-electron chi connectivity index (χ1n) is 5.68. The molecule has 1 rings (SSSR count). The van der Waals surface area contributed by atoms with Crippen LogP contribution in [0.25, 0.3) is 0 Å². The van der Waals surface area contributed by atoms with Crippen LogP contribution in [0.4, 0.5) is 5.69 Å². The molecular formula is C12H21Cl2N3O2. The van der Waals surface area contributed by atoms with Crippen LogP contribution in [0.1, 0.15) is 12.0 Å². The van der Waals surface area contributed by atoms with Crippen molar-refractivity contribution in [1.82, 2.24) is 10.2 Å². The van der Waals surface area contributed by atoms with Crippen molar-refractivity contribution in [2.45, 2.75) is 13.0 Å². The van der Waals surface area contributed by atoms with Crippen molar-refractivity contribution in [3.05, 3.63) is 39.9 Å². The molecule has 0 radical (unpaired) electrons. The molecule has 0 amide bonds. The van der Waals surface area contributed by atoms with Gasteiger partial charge >= 0.3 is 0 Å². The summed E-state index contributed by atoms with van der Waals surface area (Å²) in [4.78, 5) is 12.2. The lowest BCUT2D eigenvalue weighted by molar-refractivity contribution is -0.384. The van der Waals surface area contributed by atoms with Crippen LogP contribution in [0.2, 0.25) is 0 Å². The maximum atomic E-state index is 10.5. The number of non-ortho nitro benzene ring substituents is 1. The molecule has 19 heavy (non-hydrogen) atoms. The van der Waals surface area contributed by atoms with Crippen molar-refractivity contribution >= 4 is 30.5 Å². The topological polar surface area (TPSA) is 58.4 Å². The fourth-order valence-electron chi connectivity index (χ4n) is 1.49. The molecule has 1 aromatic rings. The summed E-state index contributed by atoms with van der Waals surface area (Å²) in [7, 11) is 4.10. The predicted octanol–water partition coefficient (Wildman–Crippen LogP) is 2.48. The van der Waals surface area contributed by atoms with Crippen LogP contribution in [0.3, 0.4) is 0 Å². The van der Waals surface area contributed by atoms with Gasteiger partial charge in [-0.2, -0.15) is 0 Å². The second kappa shape index (κ2) is 11.0. The summed E-state index contributed by atoms with van der Waals surface area (Å²) < 4.78 is 0. The Morgan fingerprint density at radius 2 is 1.79 bits per heavy atom. The minimum atomic E-state index is -0.381. The van der Waals surface area contributed by atoms with Crippen molar-refractivity contribution in [2.24, 2.45) is 0 Å². The second-order valence-electron chi connectivity index (χ2n) is 4.26. The van der Waals surface area contributed by atoms with Gasteiger partial charge in [0, 0.05) is 18.7 Å². The van der Waals surface area contributed by atoms with Crippen molar-refractivity contribution in [1.29, 1.82) is 0 Å². The monoisotopic (exact) mass is 309 g/mol. The first kappa shape index (κ1) is 20.4. The molecule has 0 unspecified atom stereocenters. The Kier molecular flexibility index (Phi) is 11.8. The van der Waals surface area contributed by atoms with E-state index in [0.29, 0.717) is 0 Å². The van der Waals surface area contributed by atoms with Gasteiger partial charge in [-0.25, -0.2) is 0 Å². The first-order chi connectivity index (χ1) is 8.09. The molecule has 1 aromatic carbocycles. The maximum Gasteiger partial charge on any atom is 0.269 e. The van der Waals surface area contributed by atoms with E-state index in [0.717, 1.165) is 31.6 Å². The largest absolute Gasteiger partial charge is 0.313 e. The highest BCUT2D eigenvalue weighted by atomic mass is 35.5. The van der Waals surface area contributed by atoms with Gasteiger partial charge in [0.15, 0.2) is 0 Å².